The summed E-state index contributed by atoms with van der Waals surface area (Å²) in [5.41, 5.74) is 2.97. The van der Waals surface area contributed by atoms with Crippen molar-refractivity contribution in [3.63, 3.8) is 0 Å². The third-order valence-electron chi connectivity index (χ3n) is 4.24. The van der Waals surface area contributed by atoms with Crippen LogP contribution in [0.25, 0.3) is 17.0 Å². The zero-order valence-electron chi connectivity index (χ0n) is 16.1. The Morgan fingerprint density at radius 2 is 2.17 bits per heavy atom. The Balaban J connectivity index is 1.56. The van der Waals surface area contributed by atoms with E-state index >= 15 is 0 Å². The Bertz CT molecular complexity index is 1220. The first kappa shape index (κ1) is 19.6. The lowest BCUT2D eigenvalue weighted by Crippen LogP contribution is -2.18. The van der Waals surface area contributed by atoms with Crippen LogP contribution in [-0.4, -0.2) is 32.6 Å². The molecule has 0 unspecified atom stereocenters. The number of nitrogens with zero attached hydrogens (tertiary/aromatic N) is 4. The van der Waals surface area contributed by atoms with Crippen molar-refractivity contribution in [3.8, 4) is 18.1 Å². The van der Waals surface area contributed by atoms with Crippen LogP contribution in [-0.2, 0) is 11.3 Å². The number of fused-ring (bicyclic) bond motifs is 1. The number of aromatic nitrogens is 3. The molecule has 30 heavy (non-hydrogen) atoms. The normalized spacial score (nSPS) is 14.6. The first-order chi connectivity index (χ1) is 14.7. The largest absolute Gasteiger partial charge is 0.492 e. The predicted octanol–water partition coefficient (Wildman–Crippen LogP) is 3.16. The van der Waals surface area contributed by atoms with E-state index in [0.717, 1.165) is 22.2 Å². The molecule has 7 nitrogen and oxygen atoms in total. The highest BCUT2D eigenvalue weighted by Crippen LogP contribution is 2.32. The number of hydrogen-bond acceptors (Lipinski definition) is 7. The second kappa shape index (κ2) is 8.76. The highest BCUT2D eigenvalue weighted by Gasteiger charge is 2.22. The molecule has 0 bridgehead atoms. The van der Waals surface area contributed by atoms with E-state index in [1.54, 1.807) is 30.9 Å². The van der Waals surface area contributed by atoms with Crippen LogP contribution in [0.1, 0.15) is 23.7 Å². The molecular formula is C22H17N5O2S. The molecule has 0 saturated carbocycles. The van der Waals surface area contributed by atoms with Crippen molar-refractivity contribution >= 4 is 39.8 Å². The molecule has 1 aliphatic heterocycles. The van der Waals surface area contributed by atoms with E-state index in [-0.39, 0.29) is 5.91 Å². The van der Waals surface area contributed by atoms with E-state index in [1.807, 2.05) is 25.1 Å². The molecule has 0 radical (unpaired) electrons. The van der Waals surface area contributed by atoms with Crippen LogP contribution in [0.2, 0.25) is 0 Å². The molecule has 8 heteroatoms. The number of pyridine rings is 1. The molecule has 2 aromatic heterocycles. The Kier molecular flexibility index (Phi) is 5.72. The Morgan fingerprint density at radius 1 is 1.27 bits per heavy atom. The van der Waals surface area contributed by atoms with Crippen LogP contribution >= 0.6 is 11.8 Å². The van der Waals surface area contributed by atoms with Crippen LogP contribution in [0.15, 0.2) is 52.9 Å². The van der Waals surface area contributed by atoms with Crippen molar-refractivity contribution in [2.24, 2.45) is 4.99 Å². The summed E-state index contributed by atoms with van der Waals surface area (Å²) in [7, 11) is 0. The number of carbonyl (C=O) groups excluding carboxylic acids is 1. The first-order valence-corrected chi connectivity index (χ1v) is 10.0. The van der Waals surface area contributed by atoms with Crippen LogP contribution < -0.4 is 10.1 Å². The van der Waals surface area contributed by atoms with Crippen LogP contribution in [0.3, 0.4) is 0 Å². The molecule has 1 aromatic carbocycles. The minimum absolute atomic E-state index is 0.290. The lowest BCUT2D eigenvalue weighted by atomic mass is 10.1. The van der Waals surface area contributed by atoms with Crippen LogP contribution in [0.4, 0.5) is 0 Å². The predicted molar refractivity (Wildman–Crippen MR) is 118 cm³/mol. The summed E-state index contributed by atoms with van der Waals surface area (Å²) in [4.78, 5) is 29.5. The topological polar surface area (TPSA) is 89.4 Å². The fraction of sp³-hybridized carbons (Fsp3) is 0.136. The van der Waals surface area contributed by atoms with Gasteiger partial charge in [-0.3, -0.25) is 19.7 Å². The van der Waals surface area contributed by atoms with Crippen molar-refractivity contribution in [1.82, 2.24) is 20.3 Å². The van der Waals surface area contributed by atoms with Gasteiger partial charge in [0.15, 0.2) is 5.17 Å². The molecule has 0 atom stereocenters. The van der Waals surface area contributed by atoms with Gasteiger partial charge in [0.25, 0.3) is 5.91 Å². The van der Waals surface area contributed by atoms with Crippen LogP contribution in [0, 0.1) is 12.3 Å². The number of hydrogen-bond donors (Lipinski definition) is 1. The van der Waals surface area contributed by atoms with Gasteiger partial charge < -0.3 is 10.1 Å². The van der Waals surface area contributed by atoms with E-state index in [1.165, 1.54) is 11.8 Å². The molecule has 0 fully saturated rings. The number of carbonyl (C=O) groups is 1. The van der Waals surface area contributed by atoms with Gasteiger partial charge in [-0.15, -0.1) is 6.42 Å². The molecular weight excluding hydrogens is 398 g/mol. The monoisotopic (exact) mass is 415 g/mol. The third-order valence-corrected chi connectivity index (χ3v) is 5.18. The lowest BCUT2D eigenvalue weighted by molar-refractivity contribution is -0.113. The zero-order valence-corrected chi connectivity index (χ0v) is 16.9. The summed E-state index contributed by atoms with van der Waals surface area (Å²) in [6, 6.07) is 5.69. The highest BCUT2D eigenvalue weighted by molar-refractivity contribution is 8.18. The second-order valence-corrected chi connectivity index (χ2v) is 7.27. The quantitative estimate of drug-likeness (QED) is 0.506. The summed E-state index contributed by atoms with van der Waals surface area (Å²) in [5.74, 6) is 2.94. The number of ether oxygens (including phenoxy) is 1. The van der Waals surface area contributed by atoms with Crippen LogP contribution in [0.5, 0.6) is 5.75 Å². The Hall–Kier alpha value is -3.70. The molecule has 1 aliphatic rings. The molecule has 3 heterocycles. The molecule has 1 N–H and O–H groups in total. The average molecular weight is 415 g/mol. The summed E-state index contributed by atoms with van der Waals surface area (Å²) < 4.78 is 5.76. The number of nitrogens with one attached hydrogen (secondary N) is 1. The fourth-order valence-electron chi connectivity index (χ4n) is 2.90. The molecule has 0 aliphatic carbocycles. The van der Waals surface area contributed by atoms with E-state index in [4.69, 9.17) is 11.2 Å². The molecule has 0 spiro atoms. The van der Waals surface area contributed by atoms with Gasteiger partial charge in [-0.2, -0.15) is 4.99 Å². The molecule has 1 amide bonds. The minimum atomic E-state index is -0.290. The van der Waals surface area contributed by atoms with Crippen molar-refractivity contribution in [1.29, 1.82) is 0 Å². The number of rotatable bonds is 5. The Labute approximate surface area is 177 Å². The van der Waals surface area contributed by atoms with Crippen molar-refractivity contribution in [2.75, 3.05) is 6.61 Å². The first-order valence-electron chi connectivity index (χ1n) is 9.21. The van der Waals surface area contributed by atoms with Gasteiger partial charge >= 0.3 is 0 Å². The standard InChI is InChI=1S/C22H17N5O2S/c1-3-15-11-25-18-6-5-14(9-17(18)20(15)29-4-2)10-19-21(28)27-22(30-19)26-13-16-12-23-7-8-24-16/h1,5-12H,4,13H2,2H3,(H,26,27,28)/b19-10-. The summed E-state index contributed by atoms with van der Waals surface area (Å²) in [5, 5.41) is 4.45. The van der Waals surface area contributed by atoms with Crippen molar-refractivity contribution < 1.29 is 9.53 Å². The summed E-state index contributed by atoms with van der Waals surface area (Å²) in [6.45, 7) is 2.83. The number of amides is 1. The maximum atomic E-state index is 12.3. The van der Waals surface area contributed by atoms with Gasteiger partial charge in [0, 0.05) is 24.0 Å². The number of thioether (sulfide) groups is 1. The number of benzene rings is 1. The fourth-order valence-corrected chi connectivity index (χ4v) is 3.71. The van der Waals surface area contributed by atoms with Gasteiger partial charge in [0.1, 0.15) is 5.75 Å². The average Bonchev–Trinajstić information content (AvgIpc) is 3.12. The number of aliphatic imine (C=N–C) groups is 1. The third kappa shape index (κ3) is 4.16. The maximum absolute atomic E-state index is 12.3. The van der Waals surface area contributed by atoms with Gasteiger partial charge in [-0.25, -0.2) is 0 Å². The van der Waals surface area contributed by atoms with Crippen molar-refractivity contribution in [2.45, 2.75) is 13.5 Å². The molecule has 148 valence electrons. The van der Waals surface area contributed by atoms with E-state index in [9.17, 15) is 4.79 Å². The molecule has 3 aromatic rings. The summed E-state index contributed by atoms with van der Waals surface area (Å²) in [6.07, 6.45) is 13.9. The smallest absolute Gasteiger partial charge is 0.286 e. The van der Waals surface area contributed by atoms with Gasteiger partial charge in [0.05, 0.1) is 41.0 Å². The van der Waals surface area contributed by atoms with E-state index in [0.29, 0.717) is 34.5 Å². The van der Waals surface area contributed by atoms with E-state index in [2.05, 4.69) is 31.2 Å². The summed E-state index contributed by atoms with van der Waals surface area (Å²) >= 11 is 1.28. The molecule has 0 saturated heterocycles. The maximum Gasteiger partial charge on any atom is 0.286 e. The van der Waals surface area contributed by atoms with Gasteiger partial charge in [0.2, 0.25) is 0 Å². The van der Waals surface area contributed by atoms with Crippen molar-refractivity contribution in [3.05, 3.63) is 64.7 Å². The SMILES string of the molecule is C#Cc1cnc2ccc(/C=C3\SC(NCc4cnccn4)=NC3=O)cc2c1OCC. The minimum Gasteiger partial charge on any atom is -0.492 e. The van der Waals surface area contributed by atoms with Gasteiger partial charge in [-0.1, -0.05) is 12.0 Å². The molecule has 4 rings (SSSR count). The number of terminal acetylenes is 1. The van der Waals surface area contributed by atoms with Gasteiger partial charge in [-0.05, 0) is 42.5 Å². The van der Waals surface area contributed by atoms with E-state index < -0.39 is 0 Å². The second-order valence-electron chi connectivity index (χ2n) is 6.24. The zero-order chi connectivity index (χ0) is 20.9. The number of amidine groups is 1. The highest BCUT2D eigenvalue weighted by atomic mass is 32.2. The Morgan fingerprint density at radius 3 is 2.93 bits per heavy atom. The lowest BCUT2D eigenvalue weighted by Gasteiger charge is -2.10.